The second-order valence-corrected chi connectivity index (χ2v) is 6.50. The predicted molar refractivity (Wildman–Crippen MR) is 92.5 cm³/mol. The van der Waals surface area contributed by atoms with Gasteiger partial charge in [0, 0.05) is 9.90 Å². The summed E-state index contributed by atoms with van der Waals surface area (Å²) in [4.78, 5) is 12.0. The highest BCUT2D eigenvalue weighted by molar-refractivity contribution is 7.13. The zero-order valence-electron chi connectivity index (χ0n) is 12.0. The lowest BCUT2D eigenvalue weighted by molar-refractivity contribution is 0.0702. The van der Waals surface area contributed by atoms with E-state index in [1.165, 1.54) is 11.3 Å². The highest BCUT2D eigenvalue weighted by Gasteiger charge is 2.07. The minimum absolute atomic E-state index is 0.321. The molecular formula is C18H13ClO3S. The molecule has 0 spiro atoms. The van der Waals surface area contributed by atoms with Crippen LogP contribution >= 0.6 is 22.9 Å². The van der Waals surface area contributed by atoms with E-state index in [4.69, 9.17) is 21.4 Å². The third-order valence-corrected chi connectivity index (χ3v) is 4.58. The fourth-order valence-corrected chi connectivity index (χ4v) is 3.00. The van der Waals surface area contributed by atoms with E-state index in [9.17, 15) is 4.79 Å². The maximum atomic E-state index is 10.8. The van der Waals surface area contributed by atoms with Gasteiger partial charge in [0.15, 0.2) is 0 Å². The maximum absolute atomic E-state index is 10.8. The van der Waals surface area contributed by atoms with Gasteiger partial charge < -0.3 is 9.84 Å². The highest BCUT2D eigenvalue weighted by atomic mass is 35.5. The molecule has 3 aromatic rings. The Morgan fingerprint density at radius 3 is 2.13 bits per heavy atom. The Morgan fingerprint density at radius 1 is 0.957 bits per heavy atom. The molecule has 0 aliphatic rings. The number of hydrogen-bond acceptors (Lipinski definition) is 3. The molecule has 1 heterocycles. The van der Waals surface area contributed by atoms with Crippen LogP contribution in [0, 0.1) is 0 Å². The molecule has 1 N–H and O–H groups in total. The SMILES string of the molecule is O=C(O)c1ccc(COc2ccc(-c3ccc(Cl)cc3)cc2)s1. The lowest BCUT2D eigenvalue weighted by Gasteiger charge is -2.06. The van der Waals surface area contributed by atoms with Gasteiger partial charge in [-0.3, -0.25) is 0 Å². The molecule has 0 amide bonds. The molecule has 0 saturated carbocycles. The molecule has 3 rings (SSSR count). The van der Waals surface area contributed by atoms with Crippen LogP contribution in [0.2, 0.25) is 5.02 Å². The van der Waals surface area contributed by atoms with Gasteiger partial charge in [0.1, 0.15) is 17.2 Å². The van der Waals surface area contributed by atoms with Gasteiger partial charge in [-0.2, -0.15) is 0 Å². The monoisotopic (exact) mass is 344 g/mol. The summed E-state index contributed by atoms with van der Waals surface area (Å²) in [6, 6.07) is 18.8. The van der Waals surface area contributed by atoms with E-state index in [1.54, 1.807) is 12.1 Å². The van der Waals surface area contributed by atoms with Crippen LogP contribution in [-0.4, -0.2) is 11.1 Å². The van der Waals surface area contributed by atoms with Gasteiger partial charge in [-0.25, -0.2) is 4.79 Å². The summed E-state index contributed by atoms with van der Waals surface area (Å²) in [5, 5.41) is 9.61. The summed E-state index contributed by atoms with van der Waals surface area (Å²) in [6.07, 6.45) is 0. The number of aromatic carboxylic acids is 1. The number of ether oxygens (including phenoxy) is 1. The van der Waals surface area contributed by atoms with Crippen LogP contribution in [-0.2, 0) is 6.61 Å². The van der Waals surface area contributed by atoms with E-state index in [2.05, 4.69) is 0 Å². The van der Waals surface area contributed by atoms with E-state index in [1.807, 2.05) is 48.5 Å². The van der Waals surface area contributed by atoms with Crippen molar-refractivity contribution in [3.8, 4) is 16.9 Å². The van der Waals surface area contributed by atoms with Gasteiger partial charge in [0.05, 0.1) is 0 Å². The van der Waals surface area contributed by atoms with Crippen molar-refractivity contribution in [3.05, 3.63) is 75.4 Å². The summed E-state index contributed by atoms with van der Waals surface area (Å²) < 4.78 is 5.69. The molecule has 0 saturated heterocycles. The fourth-order valence-electron chi connectivity index (χ4n) is 2.11. The average molecular weight is 345 g/mol. The van der Waals surface area contributed by atoms with E-state index in [0.717, 1.165) is 21.8 Å². The quantitative estimate of drug-likeness (QED) is 0.679. The summed E-state index contributed by atoms with van der Waals surface area (Å²) >= 11 is 7.11. The third kappa shape index (κ3) is 3.92. The van der Waals surface area contributed by atoms with Crippen LogP contribution < -0.4 is 4.74 Å². The van der Waals surface area contributed by atoms with Crippen molar-refractivity contribution >= 4 is 28.9 Å². The van der Waals surface area contributed by atoms with Crippen LogP contribution in [0.4, 0.5) is 0 Å². The number of hydrogen-bond donors (Lipinski definition) is 1. The van der Waals surface area contributed by atoms with E-state index >= 15 is 0 Å². The van der Waals surface area contributed by atoms with Crippen molar-refractivity contribution in [2.75, 3.05) is 0 Å². The third-order valence-electron chi connectivity index (χ3n) is 3.29. The molecule has 0 atom stereocenters. The molecule has 0 aliphatic carbocycles. The molecule has 3 nitrogen and oxygen atoms in total. The zero-order chi connectivity index (χ0) is 16.2. The van der Waals surface area contributed by atoms with Crippen LogP contribution in [0.3, 0.4) is 0 Å². The van der Waals surface area contributed by atoms with Gasteiger partial charge in [-0.15, -0.1) is 11.3 Å². The largest absolute Gasteiger partial charge is 0.488 e. The number of carbonyl (C=O) groups is 1. The number of halogens is 1. The van der Waals surface area contributed by atoms with Crippen molar-refractivity contribution in [1.29, 1.82) is 0 Å². The molecule has 5 heteroatoms. The molecule has 0 bridgehead atoms. The number of rotatable bonds is 5. The van der Waals surface area contributed by atoms with Gasteiger partial charge in [0.2, 0.25) is 0 Å². The topological polar surface area (TPSA) is 46.5 Å². The van der Waals surface area contributed by atoms with Crippen molar-refractivity contribution in [2.24, 2.45) is 0 Å². The molecule has 2 aromatic carbocycles. The summed E-state index contributed by atoms with van der Waals surface area (Å²) in [5.74, 6) is -0.165. The Hall–Kier alpha value is -2.30. The van der Waals surface area contributed by atoms with Crippen molar-refractivity contribution in [1.82, 2.24) is 0 Å². The van der Waals surface area contributed by atoms with E-state index in [0.29, 0.717) is 16.5 Å². The number of carboxylic acid groups (broad SMARTS) is 1. The van der Waals surface area contributed by atoms with Crippen LogP contribution in [0.25, 0.3) is 11.1 Å². The summed E-state index contributed by atoms with van der Waals surface area (Å²) in [5.41, 5.74) is 2.17. The van der Waals surface area contributed by atoms with Crippen LogP contribution in [0.15, 0.2) is 60.7 Å². The Kier molecular flexibility index (Phi) is 4.65. The maximum Gasteiger partial charge on any atom is 0.345 e. The molecule has 0 fully saturated rings. The molecule has 23 heavy (non-hydrogen) atoms. The Morgan fingerprint density at radius 2 is 1.57 bits per heavy atom. The minimum atomic E-state index is -0.909. The highest BCUT2D eigenvalue weighted by Crippen LogP contribution is 2.25. The van der Waals surface area contributed by atoms with Gasteiger partial charge >= 0.3 is 5.97 Å². The first kappa shape index (κ1) is 15.6. The molecule has 0 aliphatic heterocycles. The minimum Gasteiger partial charge on any atom is -0.488 e. The average Bonchev–Trinajstić information content (AvgIpc) is 3.04. The zero-order valence-corrected chi connectivity index (χ0v) is 13.6. The molecule has 116 valence electrons. The normalized spacial score (nSPS) is 10.5. The Balaban J connectivity index is 1.65. The van der Waals surface area contributed by atoms with E-state index in [-0.39, 0.29) is 0 Å². The lowest BCUT2D eigenvalue weighted by Crippen LogP contribution is -1.93. The van der Waals surface area contributed by atoms with Gasteiger partial charge in [-0.05, 0) is 47.5 Å². The lowest BCUT2D eigenvalue weighted by atomic mass is 10.1. The summed E-state index contributed by atoms with van der Waals surface area (Å²) in [7, 11) is 0. The second-order valence-electron chi connectivity index (χ2n) is 4.89. The van der Waals surface area contributed by atoms with Crippen molar-refractivity contribution in [2.45, 2.75) is 6.61 Å². The Labute approximate surface area is 142 Å². The smallest absolute Gasteiger partial charge is 0.345 e. The van der Waals surface area contributed by atoms with Crippen LogP contribution in [0.5, 0.6) is 5.75 Å². The first-order valence-electron chi connectivity index (χ1n) is 6.92. The van der Waals surface area contributed by atoms with Crippen molar-refractivity contribution in [3.63, 3.8) is 0 Å². The Bertz CT molecular complexity index is 807. The molecule has 1 aromatic heterocycles. The predicted octanol–water partition coefficient (Wildman–Crippen LogP) is 5.35. The number of thiophene rings is 1. The molecule has 0 radical (unpaired) electrons. The van der Waals surface area contributed by atoms with Gasteiger partial charge in [0.25, 0.3) is 0 Å². The molecular weight excluding hydrogens is 332 g/mol. The molecule has 0 unspecified atom stereocenters. The first-order valence-corrected chi connectivity index (χ1v) is 8.12. The second kappa shape index (κ2) is 6.86. The van der Waals surface area contributed by atoms with Crippen LogP contribution in [0.1, 0.15) is 14.5 Å². The van der Waals surface area contributed by atoms with E-state index < -0.39 is 5.97 Å². The van der Waals surface area contributed by atoms with Gasteiger partial charge in [-0.1, -0.05) is 35.9 Å². The summed E-state index contributed by atoms with van der Waals surface area (Å²) in [6.45, 7) is 0.359. The number of carboxylic acids is 1. The standard InChI is InChI=1S/C18H13ClO3S/c19-14-5-1-12(2-6-14)13-3-7-15(8-4-13)22-11-16-9-10-17(23-16)18(20)21/h1-10H,11H2,(H,20,21). The fraction of sp³-hybridized carbons (Fsp3) is 0.0556. The first-order chi connectivity index (χ1) is 11.1. The number of benzene rings is 2. The van der Waals surface area contributed by atoms with Crippen molar-refractivity contribution < 1.29 is 14.6 Å².